The van der Waals surface area contributed by atoms with Crippen LogP contribution in [-0.2, 0) is 21.4 Å². The van der Waals surface area contributed by atoms with Crippen molar-refractivity contribution >= 4 is 21.6 Å². The molecule has 1 atom stereocenters. The molecule has 1 amide bonds. The Hall–Kier alpha value is -2.54. The van der Waals surface area contributed by atoms with Crippen LogP contribution in [0.3, 0.4) is 0 Å². The molecule has 0 radical (unpaired) electrons. The van der Waals surface area contributed by atoms with Crippen molar-refractivity contribution in [2.45, 2.75) is 26.5 Å². The van der Waals surface area contributed by atoms with Gasteiger partial charge in [0.2, 0.25) is 10.0 Å². The Kier molecular flexibility index (Phi) is 4.91. The first-order chi connectivity index (χ1) is 12.3. The van der Waals surface area contributed by atoms with Crippen molar-refractivity contribution in [3.63, 3.8) is 0 Å². The summed E-state index contributed by atoms with van der Waals surface area (Å²) >= 11 is 0. The lowest BCUT2D eigenvalue weighted by atomic mass is 10.1. The number of rotatable bonds is 4. The predicted molar refractivity (Wildman–Crippen MR) is 101 cm³/mol. The van der Waals surface area contributed by atoms with Crippen molar-refractivity contribution < 1.29 is 17.9 Å². The normalized spacial score (nSPS) is 16.6. The number of nitrogens with zero attached hydrogens (tertiary/aromatic N) is 1. The van der Waals surface area contributed by atoms with E-state index in [-0.39, 0.29) is 12.5 Å². The molecule has 1 heterocycles. The van der Waals surface area contributed by atoms with Gasteiger partial charge in [0.05, 0.1) is 18.5 Å². The van der Waals surface area contributed by atoms with E-state index in [1.54, 1.807) is 12.1 Å². The molecule has 0 saturated carbocycles. The molecule has 26 heavy (non-hydrogen) atoms. The molecule has 1 aliphatic heterocycles. The van der Waals surface area contributed by atoms with E-state index in [1.807, 2.05) is 44.2 Å². The molecule has 0 saturated heterocycles. The molecular weight excluding hydrogens is 352 g/mol. The molecule has 0 unspecified atom stereocenters. The first-order valence-corrected chi connectivity index (χ1v) is 10.2. The lowest BCUT2D eigenvalue weighted by Gasteiger charge is -2.34. The number of nitrogens with one attached hydrogen (secondary N) is 1. The van der Waals surface area contributed by atoms with Crippen LogP contribution in [0.2, 0.25) is 0 Å². The molecule has 1 N–H and O–H groups in total. The Morgan fingerprint density at radius 3 is 2.65 bits per heavy atom. The number of sulfonamides is 1. The minimum absolute atomic E-state index is 0.0467. The molecular formula is C19H22N2O4S. The van der Waals surface area contributed by atoms with E-state index in [2.05, 4.69) is 5.32 Å². The first-order valence-electron chi connectivity index (χ1n) is 8.33. The molecule has 0 spiro atoms. The summed E-state index contributed by atoms with van der Waals surface area (Å²) < 4.78 is 31.4. The Bertz CT molecular complexity index is 940. The van der Waals surface area contributed by atoms with Gasteiger partial charge < -0.3 is 10.1 Å². The second-order valence-corrected chi connectivity index (χ2v) is 8.42. The Labute approximate surface area is 153 Å². The van der Waals surface area contributed by atoms with Gasteiger partial charge in [-0.1, -0.05) is 30.3 Å². The fourth-order valence-electron chi connectivity index (χ4n) is 2.92. The van der Waals surface area contributed by atoms with Gasteiger partial charge in [-0.2, -0.15) is 0 Å². The average molecular weight is 374 g/mol. The SMILES string of the molecule is Cc1ccc2c(c1)N(S(C)(=O)=O)C[C@@H](C(=O)NCc1ccccc1C)O2. The van der Waals surface area contributed by atoms with Gasteiger partial charge in [-0.3, -0.25) is 9.10 Å². The molecule has 1 aliphatic rings. The van der Waals surface area contributed by atoms with Gasteiger partial charge in [0.25, 0.3) is 5.91 Å². The highest BCUT2D eigenvalue weighted by atomic mass is 32.2. The number of carbonyl (C=O) groups excluding carboxylic acids is 1. The maximum absolute atomic E-state index is 12.6. The Balaban J connectivity index is 1.80. The van der Waals surface area contributed by atoms with Crippen molar-refractivity contribution in [1.29, 1.82) is 0 Å². The predicted octanol–water partition coefficient (Wildman–Crippen LogP) is 2.15. The number of amides is 1. The summed E-state index contributed by atoms with van der Waals surface area (Å²) in [4.78, 5) is 12.6. The summed E-state index contributed by atoms with van der Waals surface area (Å²) in [5, 5.41) is 2.84. The topological polar surface area (TPSA) is 75.7 Å². The van der Waals surface area contributed by atoms with E-state index >= 15 is 0 Å². The van der Waals surface area contributed by atoms with E-state index in [9.17, 15) is 13.2 Å². The second-order valence-electron chi connectivity index (χ2n) is 6.52. The van der Waals surface area contributed by atoms with Gasteiger partial charge in [-0.25, -0.2) is 8.42 Å². The van der Waals surface area contributed by atoms with Gasteiger partial charge in [0, 0.05) is 6.54 Å². The standard InChI is InChI=1S/C19H22N2O4S/c1-13-8-9-17-16(10-13)21(26(3,23)24)12-18(25-17)19(22)20-11-15-7-5-4-6-14(15)2/h4-10,18H,11-12H2,1-3H3,(H,20,22)/t18-/m0/s1. The van der Waals surface area contributed by atoms with E-state index in [0.717, 1.165) is 22.9 Å². The third kappa shape index (κ3) is 3.83. The van der Waals surface area contributed by atoms with Gasteiger partial charge in [-0.05, 0) is 42.7 Å². The number of ether oxygens (including phenoxy) is 1. The molecule has 6 nitrogen and oxygen atoms in total. The minimum Gasteiger partial charge on any atom is -0.476 e. The van der Waals surface area contributed by atoms with Crippen LogP contribution < -0.4 is 14.4 Å². The molecule has 2 aromatic carbocycles. The highest BCUT2D eigenvalue weighted by Crippen LogP contribution is 2.35. The maximum Gasteiger partial charge on any atom is 0.263 e. The molecule has 3 rings (SSSR count). The van der Waals surface area contributed by atoms with Crippen LogP contribution in [0.25, 0.3) is 0 Å². The highest BCUT2D eigenvalue weighted by Gasteiger charge is 2.34. The third-order valence-electron chi connectivity index (χ3n) is 4.39. The van der Waals surface area contributed by atoms with Crippen LogP contribution in [0.4, 0.5) is 5.69 Å². The van der Waals surface area contributed by atoms with Crippen LogP contribution in [0.5, 0.6) is 5.75 Å². The minimum atomic E-state index is -3.52. The number of hydrogen-bond acceptors (Lipinski definition) is 4. The maximum atomic E-state index is 12.6. The number of carbonyl (C=O) groups is 1. The van der Waals surface area contributed by atoms with E-state index < -0.39 is 16.1 Å². The van der Waals surface area contributed by atoms with Gasteiger partial charge in [0.1, 0.15) is 5.75 Å². The third-order valence-corrected chi connectivity index (χ3v) is 5.54. The second kappa shape index (κ2) is 6.99. The van der Waals surface area contributed by atoms with Crippen molar-refractivity contribution in [2.75, 3.05) is 17.1 Å². The van der Waals surface area contributed by atoms with Crippen LogP contribution >= 0.6 is 0 Å². The van der Waals surface area contributed by atoms with E-state index in [0.29, 0.717) is 18.0 Å². The van der Waals surface area contributed by atoms with Crippen LogP contribution in [0.15, 0.2) is 42.5 Å². The van der Waals surface area contributed by atoms with E-state index in [4.69, 9.17) is 4.74 Å². The van der Waals surface area contributed by atoms with Gasteiger partial charge >= 0.3 is 0 Å². The lowest BCUT2D eigenvalue weighted by molar-refractivity contribution is -0.127. The molecule has 7 heteroatoms. The summed E-state index contributed by atoms with van der Waals surface area (Å²) in [6, 6.07) is 13.0. The quantitative estimate of drug-likeness (QED) is 0.890. The molecule has 138 valence electrons. The number of aryl methyl sites for hydroxylation is 2. The van der Waals surface area contributed by atoms with E-state index in [1.165, 1.54) is 4.31 Å². The van der Waals surface area contributed by atoms with Crippen molar-refractivity contribution in [3.8, 4) is 5.75 Å². The van der Waals surface area contributed by atoms with Gasteiger partial charge in [-0.15, -0.1) is 0 Å². The summed E-state index contributed by atoms with van der Waals surface area (Å²) in [7, 11) is -3.52. The summed E-state index contributed by atoms with van der Waals surface area (Å²) in [6.07, 6.45) is 0.233. The largest absolute Gasteiger partial charge is 0.476 e. The van der Waals surface area contributed by atoms with Crippen LogP contribution in [0, 0.1) is 13.8 Å². The number of benzene rings is 2. The number of fused-ring (bicyclic) bond motifs is 1. The zero-order valence-corrected chi connectivity index (χ0v) is 15.8. The zero-order chi connectivity index (χ0) is 18.9. The molecule has 0 fully saturated rings. The van der Waals surface area contributed by atoms with Crippen molar-refractivity contribution in [1.82, 2.24) is 5.32 Å². The highest BCUT2D eigenvalue weighted by molar-refractivity contribution is 7.92. The fraction of sp³-hybridized carbons (Fsp3) is 0.316. The lowest BCUT2D eigenvalue weighted by Crippen LogP contribution is -2.50. The monoisotopic (exact) mass is 374 g/mol. The summed E-state index contributed by atoms with van der Waals surface area (Å²) in [5.74, 6) is 0.0523. The molecule has 0 aromatic heterocycles. The number of anilines is 1. The summed E-state index contributed by atoms with van der Waals surface area (Å²) in [6.45, 7) is 4.17. The summed E-state index contributed by atoms with van der Waals surface area (Å²) in [5.41, 5.74) is 3.47. The van der Waals surface area contributed by atoms with Crippen LogP contribution in [0.1, 0.15) is 16.7 Å². The Morgan fingerprint density at radius 1 is 1.23 bits per heavy atom. The van der Waals surface area contributed by atoms with Gasteiger partial charge in [0.15, 0.2) is 6.10 Å². The fourth-order valence-corrected chi connectivity index (χ4v) is 3.82. The zero-order valence-electron chi connectivity index (χ0n) is 15.0. The molecule has 0 aliphatic carbocycles. The smallest absolute Gasteiger partial charge is 0.263 e. The number of hydrogen-bond donors (Lipinski definition) is 1. The van der Waals surface area contributed by atoms with Crippen molar-refractivity contribution in [2.24, 2.45) is 0 Å². The van der Waals surface area contributed by atoms with Crippen molar-refractivity contribution in [3.05, 3.63) is 59.2 Å². The van der Waals surface area contributed by atoms with Crippen LogP contribution in [-0.4, -0.2) is 33.2 Å². The first kappa shape index (κ1) is 18.3. The average Bonchev–Trinajstić information content (AvgIpc) is 2.59. The Morgan fingerprint density at radius 2 is 1.96 bits per heavy atom. The molecule has 2 aromatic rings. The molecule has 0 bridgehead atoms.